The molecule has 0 unspecified atom stereocenters. The first-order chi connectivity index (χ1) is 12.5. The van der Waals surface area contributed by atoms with E-state index in [1.54, 1.807) is 18.3 Å². The lowest BCUT2D eigenvalue weighted by molar-refractivity contribution is -0.500. The maximum absolute atomic E-state index is 5.71. The molecule has 0 aliphatic carbocycles. The molecule has 2 aromatic carbocycles. The van der Waals surface area contributed by atoms with Crippen molar-refractivity contribution in [3.63, 3.8) is 0 Å². The Bertz CT molecular complexity index is 897. The standard InChI is InChI=1S/C17H19N9/c18-15(19)13-5-1-3-11(7-13)9-23-25-17(22)26-24-10-12-4-2-6-14(8-12)16(20)21/h1-10H,(H3,18,19)(H3,20,21)(H3,22,25,26)/p+3/b23-9+,24-10+. The summed E-state index contributed by atoms with van der Waals surface area (Å²) in [6.45, 7) is 0. The molecule has 0 heterocycles. The van der Waals surface area contributed by atoms with Crippen molar-refractivity contribution >= 4 is 30.1 Å². The maximum Gasteiger partial charge on any atom is 0.270 e. The smallest absolute Gasteiger partial charge is 0.270 e. The second kappa shape index (κ2) is 8.73. The number of hydrogen-bond acceptors (Lipinski definition) is 2. The highest BCUT2D eigenvalue weighted by Crippen LogP contribution is 2.01. The minimum atomic E-state index is 0.0830. The summed E-state index contributed by atoms with van der Waals surface area (Å²) in [5.41, 5.74) is 22.6. The lowest BCUT2D eigenvalue weighted by Crippen LogP contribution is -2.82. The van der Waals surface area contributed by atoms with Crippen molar-refractivity contribution in [3.8, 4) is 0 Å². The Balaban J connectivity index is 1.96. The Morgan fingerprint density at radius 3 is 2.12 bits per heavy atom. The summed E-state index contributed by atoms with van der Waals surface area (Å²) < 4.78 is 0. The lowest BCUT2D eigenvalue weighted by Gasteiger charge is -1.95. The SMILES string of the molecule is NC(=[NH2+])c1cccc(/C=N/N=C(\N)N/[NH+]=C/c2cccc(C(N)=[NH2+])c2)c1. The molecule has 0 bridgehead atoms. The van der Waals surface area contributed by atoms with Crippen LogP contribution < -0.4 is 38.5 Å². The van der Waals surface area contributed by atoms with Gasteiger partial charge in [0, 0.05) is 5.56 Å². The zero-order chi connectivity index (χ0) is 18.9. The fourth-order valence-electron chi connectivity index (χ4n) is 1.98. The van der Waals surface area contributed by atoms with Crippen LogP contribution in [0.25, 0.3) is 0 Å². The molecule has 0 fully saturated rings. The second-order valence-electron chi connectivity index (χ2n) is 5.31. The number of rotatable bonds is 6. The van der Waals surface area contributed by atoms with E-state index in [-0.39, 0.29) is 17.6 Å². The fraction of sp³-hybridized carbons (Fsp3) is 0. The number of amidine groups is 2. The summed E-state index contributed by atoms with van der Waals surface area (Å²) in [4.78, 5) is 0. The van der Waals surface area contributed by atoms with Gasteiger partial charge in [-0.15, -0.1) is 15.6 Å². The highest BCUT2D eigenvalue weighted by molar-refractivity contribution is 5.95. The number of hydrazone groups is 1. The monoisotopic (exact) mass is 352 g/mol. The Labute approximate surface area is 150 Å². The minimum Gasteiger partial charge on any atom is -0.364 e. The molecule has 9 heteroatoms. The number of benzene rings is 2. The molecule has 0 radical (unpaired) electrons. The van der Waals surface area contributed by atoms with Gasteiger partial charge in [0.05, 0.1) is 17.3 Å². The lowest BCUT2D eigenvalue weighted by atomic mass is 10.1. The van der Waals surface area contributed by atoms with Crippen molar-refractivity contribution in [1.82, 2.24) is 5.43 Å². The summed E-state index contributed by atoms with van der Waals surface area (Å²) in [6.07, 6.45) is 3.22. The normalized spacial score (nSPS) is 11.8. The van der Waals surface area contributed by atoms with E-state index in [9.17, 15) is 0 Å². The third kappa shape index (κ3) is 5.57. The van der Waals surface area contributed by atoms with Gasteiger partial charge in [-0.1, -0.05) is 18.2 Å². The molecule has 0 amide bonds. The van der Waals surface area contributed by atoms with E-state index in [0.29, 0.717) is 0 Å². The average molecular weight is 352 g/mol. The van der Waals surface area contributed by atoms with Crippen LogP contribution in [0.1, 0.15) is 22.3 Å². The Morgan fingerprint density at radius 2 is 1.50 bits per heavy atom. The van der Waals surface area contributed by atoms with E-state index in [0.717, 1.165) is 22.3 Å². The van der Waals surface area contributed by atoms with Gasteiger partial charge in [-0.3, -0.25) is 22.3 Å². The molecule has 0 aliphatic rings. The first-order valence-electron chi connectivity index (χ1n) is 7.63. The first-order valence-corrected chi connectivity index (χ1v) is 7.63. The molecular weight excluding hydrogens is 330 g/mol. The van der Waals surface area contributed by atoms with Crippen LogP contribution in [0.4, 0.5) is 0 Å². The molecule has 0 saturated heterocycles. The number of hydrazine groups is 1. The van der Waals surface area contributed by atoms with Crippen LogP contribution in [0, 0.1) is 0 Å². The van der Waals surface area contributed by atoms with Crippen LogP contribution in [0.15, 0.2) is 58.7 Å². The summed E-state index contributed by atoms with van der Waals surface area (Å²) in [7, 11) is 0. The van der Waals surface area contributed by atoms with Crippen LogP contribution in [0.5, 0.6) is 0 Å². The predicted molar refractivity (Wildman–Crippen MR) is 102 cm³/mol. The molecule has 0 atom stereocenters. The first kappa shape index (κ1) is 18.3. The van der Waals surface area contributed by atoms with Gasteiger partial charge in [0.1, 0.15) is 0 Å². The number of nitrogens with zero attached hydrogens (tertiary/aromatic N) is 2. The van der Waals surface area contributed by atoms with Gasteiger partial charge in [-0.2, -0.15) is 5.10 Å². The van der Waals surface area contributed by atoms with Gasteiger partial charge in [-0.25, -0.2) is 0 Å². The van der Waals surface area contributed by atoms with Crippen LogP contribution >= 0.6 is 0 Å². The van der Waals surface area contributed by atoms with Crippen molar-refractivity contribution in [2.24, 2.45) is 27.4 Å². The maximum atomic E-state index is 5.71. The molecule has 9 nitrogen and oxygen atoms in total. The zero-order valence-electron chi connectivity index (χ0n) is 14.1. The van der Waals surface area contributed by atoms with Crippen molar-refractivity contribution in [2.75, 3.05) is 0 Å². The summed E-state index contributed by atoms with van der Waals surface area (Å²) in [5, 5.41) is 21.7. The van der Waals surface area contributed by atoms with E-state index in [1.807, 2.05) is 36.4 Å². The molecule has 26 heavy (non-hydrogen) atoms. The Kier molecular flexibility index (Phi) is 6.16. The number of nitrogens with two attached hydrogens (primary N) is 5. The third-order valence-corrected chi connectivity index (χ3v) is 3.25. The molecule has 0 aromatic heterocycles. The van der Waals surface area contributed by atoms with Crippen LogP contribution in [0.2, 0.25) is 0 Å². The van der Waals surface area contributed by atoms with Gasteiger partial charge in [0.25, 0.3) is 17.6 Å². The average Bonchev–Trinajstić information content (AvgIpc) is 2.62. The van der Waals surface area contributed by atoms with Gasteiger partial charge in [0.15, 0.2) is 6.21 Å². The minimum absolute atomic E-state index is 0.0830. The quantitative estimate of drug-likeness (QED) is 0.156. The van der Waals surface area contributed by atoms with Crippen molar-refractivity contribution < 1.29 is 15.9 Å². The molecule has 132 valence electrons. The molecule has 2 rings (SSSR count). The van der Waals surface area contributed by atoms with Gasteiger partial charge < -0.3 is 5.73 Å². The van der Waals surface area contributed by atoms with Crippen molar-refractivity contribution in [1.29, 1.82) is 0 Å². The highest BCUT2D eigenvalue weighted by Gasteiger charge is 2.03. The van der Waals surface area contributed by atoms with Gasteiger partial charge in [0.2, 0.25) is 0 Å². The molecule has 0 spiro atoms. The topological polar surface area (TPSA) is 180 Å². The fourth-order valence-corrected chi connectivity index (χ4v) is 1.98. The van der Waals surface area contributed by atoms with Gasteiger partial charge >= 0.3 is 0 Å². The van der Waals surface area contributed by atoms with E-state index in [4.69, 9.17) is 28.0 Å². The van der Waals surface area contributed by atoms with Crippen LogP contribution in [-0.4, -0.2) is 30.1 Å². The van der Waals surface area contributed by atoms with Crippen molar-refractivity contribution in [2.45, 2.75) is 0 Å². The third-order valence-electron chi connectivity index (χ3n) is 3.25. The summed E-state index contributed by atoms with van der Waals surface area (Å²) >= 11 is 0. The molecule has 0 saturated carbocycles. The van der Waals surface area contributed by atoms with E-state index in [1.165, 1.54) is 6.21 Å². The van der Waals surface area contributed by atoms with Gasteiger partial charge in [-0.05, 0) is 35.9 Å². The molecule has 0 aliphatic heterocycles. The van der Waals surface area contributed by atoms with Crippen LogP contribution in [0.3, 0.4) is 0 Å². The van der Waals surface area contributed by atoms with Crippen LogP contribution in [-0.2, 0) is 0 Å². The van der Waals surface area contributed by atoms with E-state index in [2.05, 4.69) is 20.7 Å². The Morgan fingerprint density at radius 1 is 0.923 bits per heavy atom. The molecular formula is C17H22N9+3. The van der Waals surface area contributed by atoms with E-state index >= 15 is 0 Å². The number of hydrogen-bond donors (Lipinski definition) is 7. The summed E-state index contributed by atoms with van der Waals surface area (Å²) in [5.74, 6) is 0.573. The largest absolute Gasteiger partial charge is 0.364 e. The molecule has 12 N–H and O–H groups in total. The second-order valence-corrected chi connectivity index (χ2v) is 5.31. The Hall–Kier alpha value is -4.01. The predicted octanol–water partition coefficient (Wildman–Crippen LogP) is -5.03. The molecule has 2 aromatic rings. The van der Waals surface area contributed by atoms with Crippen molar-refractivity contribution in [3.05, 3.63) is 70.8 Å². The zero-order valence-corrected chi connectivity index (χ0v) is 14.1. The highest BCUT2D eigenvalue weighted by atomic mass is 15.4. The van der Waals surface area contributed by atoms with E-state index < -0.39 is 0 Å². The summed E-state index contributed by atoms with van der Waals surface area (Å²) in [6, 6.07) is 14.6. The number of nitrogens with one attached hydrogen (secondary N) is 2. The number of guanidine groups is 1.